The summed E-state index contributed by atoms with van der Waals surface area (Å²) in [5.41, 5.74) is 2.73. The van der Waals surface area contributed by atoms with Gasteiger partial charge in [-0.1, -0.05) is 31.2 Å². The standard InChI is InChI=1S/C9H14/c1-7-4-5-8(2)9(3)6-7/h8H,1,3-6H2,2H3. The van der Waals surface area contributed by atoms with E-state index in [1.54, 1.807) is 0 Å². The fourth-order valence-corrected chi connectivity index (χ4v) is 1.21. The van der Waals surface area contributed by atoms with Crippen LogP contribution in [-0.2, 0) is 0 Å². The van der Waals surface area contributed by atoms with E-state index in [1.807, 2.05) is 0 Å². The van der Waals surface area contributed by atoms with Crippen LogP contribution in [-0.4, -0.2) is 0 Å². The summed E-state index contributed by atoms with van der Waals surface area (Å²) < 4.78 is 0. The molecular weight excluding hydrogens is 108 g/mol. The molecule has 0 amide bonds. The molecular formula is C9H14. The average Bonchev–Trinajstić information content (AvgIpc) is 1.80. The third-order valence-corrected chi connectivity index (χ3v) is 2.10. The Morgan fingerprint density at radius 2 is 2.11 bits per heavy atom. The van der Waals surface area contributed by atoms with E-state index in [-0.39, 0.29) is 0 Å². The van der Waals surface area contributed by atoms with Crippen LogP contribution in [0, 0.1) is 5.92 Å². The Labute approximate surface area is 57.3 Å². The minimum atomic E-state index is 0.732. The Bertz CT molecular complexity index is 142. The zero-order valence-corrected chi connectivity index (χ0v) is 6.11. The van der Waals surface area contributed by atoms with Gasteiger partial charge in [-0.25, -0.2) is 0 Å². The molecule has 0 aromatic rings. The second-order valence-electron chi connectivity index (χ2n) is 3.02. The fourth-order valence-electron chi connectivity index (χ4n) is 1.21. The van der Waals surface area contributed by atoms with Crippen molar-refractivity contribution in [2.45, 2.75) is 26.2 Å². The molecule has 1 rings (SSSR count). The van der Waals surface area contributed by atoms with E-state index < -0.39 is 0 Å². The summed E-state index contributed by atoms with van der Waals surface area (Å²) in [5, 5.41) is 0. The van der Waals surface area contributed by atoms with E-state index in [0.29, 0.717) is 0 Å². The zero-order chi connectivity index (χ0) is 6.85. The van der Waals surface area contributed by atoms with Gasteiger partial charge in [-0.05, 0) is 25.2 Å². The molecule has 0 aromatic carbocycles. The van der Waals surface area contributed by atoms with Crippen molar-refractivity contribution in [2.75, 3.05) is 0 Å². The molecule has 0 aliphatic heterocycles. The van der Waals surface area contributed by atoms with Gasteiger partial charge in [0.25, 0.3) is 0 Å². The van der Waals surface area contributed by atoms with E-state index in [1.165, 1.54) is 24.0 Å². The van der Waals surface area contributed by atoms with Gasteiger partial charge in [-0.3, -0.25) is 0 Å². The molecule has 0 heteroatoms. The summed E-state index contributed by atoms with van der Waals surface area (Å²) in [6, 6.07) is 0. The highest BCUT2D eigenvalue weighted by molar-refractivity contribution is 5.16. The maximum Gasteiger partial charge on any atom is -0.0111 e. The molecule has 1 aliphatic carbocycles. The number of hydrogen-bond acceptors (Lipinski definition) is 0. The maximum atomic E-state index is 3.98. The summed E-state index contributed by atoms with van der Waals surface area (Å²) in [6.45, 7) is 10.2. The molecule has 0 bridgehead atoms. The number of rotatable bonds is 0. The highest BCUT2D eigenvalue weighted by atomic mass is 14.2. The van der Waals surface area contributed by atoms with Gasteiger partial charge in [0.1, 0.15) is 0 Å². The molecule has 0 spiro atoms. The molecule has 0 saturated heterocycles. The Morgan fingerprint density at radius 1 is 1.44 bits per heavy atom. The first-order valence-electron chi connectivity index (χ1n) is 3.54. The summed E-state index contributed by atoms with van der Waals surface area (Å²) in [5.74, 6) is 0.732. The van der Waals surface area contributed by atoms with Crippen LogP contribution in [0.25, 0.3) is 0 Å². The molecule has 1 saturated carbocycles. The second-order valence-corrected chi connectivity index (χ2v) is 3.02. The third kappa shape index (κ3) is 1.44. The molecule has 0 heterocycles. The largest absolute Gasteiger partial charge is 0.0995 e. The normalized spacial score (nSPS) is 28.8. The average molecular weight is 122 g/mol. The van der Waals surface area contributed by atoms with Crippen LogP contribution >= 0.6 is 0 Å². The van der Waals surface area contributed by atoms with Crippen LogP contribution in [0.1, 0.15) is 26.2 Å². The molecule has 1 atom stereocenters. The van der Waals surface area contributed by atoms with Gasteiger partial charge in [0.2, 0.25) is 0 Å². The molecule has 1 unspecified atom stereocenters. The lowest BCUT2D eigenvalue weighted by molar-refractivity contribution is 0.555. The van der Waals surface area contributed by atoms with Crippen molar-refractivity contribution in [3.8, 4) is 0 Å². The minimum Gasteiger partial charge on any atom is -0.0995 e. The molecule has 9 heavy (non-hydrogen) atoms. The van der Waals surface area contributed by atoms with Crippen LogP contribution in [0.2, 0.25) is 0 Å². The van der Waals surface area contributed by atoms with E-state index in [4.69, 9.17) is 0 Å². The lowest BCUT2D eigenvalue weighted by Gasteiger charge is -2.21. The van der Waals surface area contributed by atoms with Crippen molar-refractivity contribution >= 4 is 0 Å². The lowest BCUT2D eigenvalue weighted by Crippen LogP contribution is -2.06. The molecule has 50 valence electrons. The molecule has 0 aromatic heterocycles. The van der Waals surface area contributed by atoms with Crippen molar-refractivity contribution in [3.63, 3.8) is 0 Å². The Kier molecular flexibility index (Phi) is 1.75. The first-order chi connectivity index (χ1) is 4.20. The Hall–Kier alpha value is -0.520. The predicted octanol–water partition coefficient (Wildman–Crippen LogP) is 2.92. The van der Waals surface area contributed by atoms with Crippen LogP contribution in [0.5, 0.6) is 0 Å². The fraction of sp³-hybridized carbons (Fsp3) is 0.556. The molecule has 0 nitrogen and oxygen atoms in total. The smallest absolute Gasteiger partial charge is 0.0111 e. The predicted molar refractivity (Wildman–Crippen MR) is 41.3 cm³/mol. The van der Waals surface area contributed by atoms with Crippen LogP contribution in [0.4, 0.5) is 0 Å². The first kappa shape index (κ1) is 6.60. The van der Waals surface area contributed by atoms with Gasteiger partial charge < -0.3 is 0 Å². The minimum absolute atomic E-state index is 0.732. The van der Waals surface area contributed by atoms with Crippen LogP contribution in [0.15, 0.2) is 24.3 Å². The first-order valence-corrected chi connectivity index (χ1v) is 3.54. The number of hydrogen-bond donors (Lipinski definition) is 0. The van der Waals surface area contributed by atoms with Crippen molar-refractivity contribution in [1.82, 2.24) is 0 Å². The van der Waals surface area contributed by atoms with E-state index in [9.17, 15) is 0 Å². The maximum absolute atomic E-state index is 3.98. The zero-order valence-electron chi connectivity index (χ0n) is 6.11. The topological polar surface area (TPSA) is 0 Å². The quantitative estimate of drug-likeness (QED) is 0.433. The van der Waals surface area contributed by atoms with E-state index in [2.05, 4.69) is 20.1 Å². The molecule has 1 aliphatic rings. The summed E-state index contributed by atoms with van der Waals surface area (Å²) in [6.07, 6.45) is 3.54. The summed E-state index contributed by atoms with van der Waals surface area (Å²) >= 11 is 0. The number of allylic oxidation sites excluding steroid dienone is 2. The van der Waals surface area contributed by atoms with Crippen LogP contribution < -0.4 is 0 Å². The van der Waals surface area contributed by atoms with Crippen LogP contribution in [0.3, 0.4) is 0 Å². The van der Waals surface area contributed by atoms with Crippen molar-refractivity contribution < 1.29 is 0 Å². The van der Waals surface area contributed by atoms with Gasteiger partial charge in [0.15, 0.2) is 0 Å². The van der Waals surface area contributed by atoms with Crippen molar-refractivity contribution in [3.05, 3.63) is 24.3 Å². The summed E-state index contributed by atoms with van der Waals surface area (Å²) in [7, 11) is 0. The summed E-state index contributed by atoms with van der Waals surface area (Å²) in [4.78, 5) is 0. The van der Waals surface area contributed by atoms with Gasteiger partial charge >= 0.3 is 0 Å². The van der Waals surface area contributed by atoms with Crippen molar-refractivity contribution in [2.24, 2.45) is 5.92 Å². The highest BCUT2D eigenvalue weighted by Crippen LogP contribution is 2.29. The molecule has 0 N–H and O–H groups in total. The van der Waals surface area contributed by atoms with Crippen molar-refractivity contribution in [1.29, 1.82) is 0 Å². The lowest BCUT2D eigenvalue weighted by atomic mass is 9.84. The van der Waals surface area contributed by atoms with Gasteiger partial charge in [-0.2, -0.15) is 0 Å². The highest BCUT2D eigenvalue weighted by Gasteiger charge is 2.13. The molecule has 0 radical (unpaired) electrons. The Morgan fingerprint density at radius 3 is 2.56 bits per heavy atom. The second kappa shape index (κ2) is 2.38. The van der Waals surface area contributed by atoms with Gasteiger partial charge in [0.05, 0.1) is 0 Å². The Balaban J connectivity index is 2.54. The van der Waals surface area contributed by atoms with Gasteiger partial charge in [-0.15, -0.1) is 0 Å². The SMILES string of the molecule is C=C1CCC(C)C(=C)C1. The van der Waals surface area contributed by atoms with E-state index >= 15 is 0 Å². The van der Waals surface area contributed by atoms with Gasteiger partial charge in [0, 0.05) is 0 Å². The third-order valence-electron chi connectivity index (χ3n) is 2.10. The monoisotopic (exact) mass is 122 g/mol. The van der Waals surface area contributed by atoms with E-state index in [0.717, 1.165) is 12.3 Å². The molecule has 1 fully saturated rings.